The number of quaternary nitrogens is 1. The van der Waals surface area contributed by atoms with Crippen LogP contribution in [0, 0.1) is 0 Å². The number of carbonyl (C=O) groups excluding carboxylic acids is 3. The number of carboxylic acid groups (broad SMARTS) is 1. The number of likely N-dealkylation sites (N-methyl/N-ethyl adjacent to an activating group) is 1. The first-order valence-electron chi connectivity index (χ1n) is 19.6. The van der Waals surface area contributed by atoms with Gasteiger partial charge in [-0.25, -0.2) is 0 Å². The SMILES string of the molecule is CC/C=C/C/C=C/C/C=C/C/C=C/C/C=C/C/C=C/CCCCC(=O)OCC(COCCC(C(=O)[O-])[N+](C)(C)C)OC(=O)CC/C=C/CCCCC. The van der Waals surface area contributed by atoms with Crippen LogP contribution in [0.15, 0.2) is 85.1 Å². The summed E-state index contributed by atoms with van der Waals surface area (Å²) in [4.78, 5) is 36.5. The number of esters is 2. The molecule has 0 bridgehead atoms. The molecule has 0 radical (unpaired) electrons. The predicted octanol–water partition coefficient (Wildman–Crippen LogP) is 8.85. The smallest absolute Gasteiger partial charge is 0.306 e. The Kier molecular flexibility index (Phi) is 32.3. The van der Waals surface area contributed by atoms with E-state index >= 15 is 0 Å². The zero-order valence-corrected chi connectivity index (χ0v) is 33.2. The van der Waals surface area contributed by atoms with Gasteiger partial charge in [0.05, 0.1) is 40.3 Å². The Morgan fingerprint density at radius 1 is 0.596 bits per heavy atom. The van der Waals surface area contributed by atoms with Crippen molar-refractivity contribution in [3.8, 4) is 0 Å². The monoisotopic (exact) mass is 726 g/mol. The van der Waals surface area contributed by atoms with Gasteiger partial charge in [-0.05, 0) is 77.0 Å². The largest absolute Gasteiger partial charge is 0.544 e. The van der Waals surface area contributed by atoms with E-state index in [0.29, 0.717) is 12.8 Å². The molecule has 0 aromatic heterocycles. The van der Waals surface area contributed by atoms with Crippen LogP contribution >= 0.6 is 0 Å². The molecule has 0 heterocycles. The third-order valence-corrected chi connectivity index (χ3v) is 8.03. The summed E-state index contributed by atoms with van der Waals surface area (Å²) < 4.78 is 16.9. The quantitative estimate of drug-likeness (QED) is 0.0288. The molecule has 0 saturated heterocycles. The lowest BCUT2D eigenvalue weighted by Crippen LogP contribution is -2.55. The number of carboxylic acids is 1. The second kappa shape index (κ2) is 34.6. The number of hydrogen-bond acceptors (Lipinski definition) is 7. The van der Waals surface area contributed by atoms with E-state index in [-0.39, 0.29) is 49.5 Å². The van der Waals surface area contributed by atoms with Crippen LogP contribution in [0.25, 0.3) is 0 Å². The van der Waals surface area contributed by atoms with Gasteiger partial charge in [0, 0.05) is 19.3 Å². The van der Waals surface area contributed by atoms with Gasteiger partial charge >= 0.3 is 11.9 Å². The van der Waals surface area contributed by atoms with E-state index in [9.17, 15) is 19.5 Å². The number of ether oxygens (including phenoxy) is 3. The molecular formula is C44H71NO7. The molecule has 0 saturated carbocycles. The van der Waals surface area contributed by atoms with Crippen molar-refractivity contribution in [2.45, 2.75) is 135 Å². The summed E-state index contributed by atoms with van der Waals surface area (Å²) in [6.07, 6.45) is 43.6. The van der Waals surface area contributed by atoms with E-state index in [2.05, 4.69) is 92.8 Å². The lowest BCUT2D eigenvalue weighted by Gasteiger charge is -2.34. The Balaban J connectivity index is 4.40. The summed E-state index contributed by atoms with van der Waals surface area (Å²) in [5, 5.41) is 11.6. The van der Waals surface area contributed by atoms with Gasteiger partial charge in [0.25, 0.3) is 0 Å². The van der Waals surface area contributed by atoms with Crippen LogP contribution in [0.4, 0.5) is 0 Å². The topological polar surface area (TPSA) is 102 Å². The first-order valence-corrected chi connectivity index (χ1v) is 19.6. The van der Waals surface area contributed by atoms with Crippen LogP contribution in [0.2, 0.25) is 0 Å². The van der Waals surface area contributed by atoms with Crippen molar-refractivity contribution in [1.29, 1.82) is 0 Å². The van der Waals surface area contributed by atoms with E-state index in [0.717, 1.165) is 64.2 Å². The first-order chi connectivity index (χ1) is 25.1. The molecule has 0 spiro atoms. The van der Waals surface area contributed by atoms with Crippen LogP contribution in [-0.2, 0) is 28.6 Å². The highest BCUT2D eigenvalue weighted by Crippen LogP contribution is 2.10. The van der Waals surface area contributed by atoms with Gasteiger partial charge in [-0.1, -0.05) is 112 Å². The Hall–Kier alpha value is -3.49. The Bertz CT molecular complexity index is 1120. The van der Waals surface area contributed by atoms with Crippen molar-refractivity contribution < 1.29 is 38.2 Å². The highest BCUT2D eigenvalue weighted by molar-refractivity contribution is 5.70. The van der Waals surface area contributed by atoms with Crippen molar-refractivity contribution in [3.05, 3.63) is 85.1 Å². The third-order valence-electron chi connectivity index (χ3n) is 8.03. The molecule has 0 N–H and O–H groups in total. The van der Waals surface area contributed by atoms with Crippen LogP contribution in [-0.4, -0.2) is 75.5 Å². The van der Waals surface area contributed by atoms with Gasteiger partial charge in [-0.2, -0.15) is 0 Å². The van der Waals surface area contributed by atoms with Crippen molar-refractivity contribution in [2.75, 3.05) is 41.0 Å². The van der Waals surface area contributed by atoms with Crippen molar-refractivity contribution in [2.24, 2.45) is 0 Å². The maximum Gasteiger partial charge on any atom is 0.306 e. The summed E-state index contributed by atoms with van der Waals surface area (Å²) >= 11 is 0. The Morgan fingerprint density at radius 3 is 1.62 bits per heavy atom. The van der Waals surface area contributed by atoms with Crippen molar-refractivity contribution >= 4 is 17.9 Å². The van der Waals surface area contributed by atoms with Gasteiger partial charge in [0.15, 0.2) is 6.10 Å². The van der Waals surface area contributed by atoms with Gasteiger partial charge in [-0.3, -0.25) is 9.59 Å². The molecule has 0 aromatic rings. The number of hydrogen-bond donors (Lipinski definition) is 0. The number of rotatable bonds is 33. The summed E-state index contributed by atoms with van der Waals surface area (Å²) in [5.74, 6) is -1.88. The lowest BCUT2D eigenvalue weighted by molar-refractivity contribution is -0.889. The van der Waals surface area contributed by atoms with Crippen LogP contribution in [0.3, 0.4) is 0 Å². The molecule has 0 amide bonds. The van der Waals surface area contributed by atoms with Crippen LogP contribution < -0.4 is 5.11 Å². The van der Waals surface area contributed by atoms with Crippen molar-refractivity contribution in [3.63, 3.8) is 0 Å². The Labute approximate surface area is 316 Å². The normalized spacial score (nSPS) is 13.9. The maximum absolute atomic E-state index is 12.5. The fourth-order valence-electron chi connectivity index (χ4n) is 4.97. The lowest BCUT2D eigenvalue weighted by atomic mass is 10.1. The average molecular weight is 726 g/mol. The fourth-order valence-corrected chi connectivity index (χ4v) is 4.97. The van der Waals surface area contributed by atoms with E-state index in [4.69, 9.17) is 14.2 Å². The molecule has 294 valence electrons. The average Bonchev–Trinajstić information content (AvgIpc) is 3.09. The number of aliphatic carboxylic acids is 1. The number of nitrogens with zero attached hydrogens (tertiary/aromatic N) is 1. The molecule has 2 atom stereocenters. The molecule has 8 heteroatoms. The van der Waals surface area contributed by atoms with Crippen LogP contribution in [0.5, 0.6) is 0 Å². The summed E-state index contributed by atoms with van der Waals surface area (Å²) in [6.45, 7) is 4.35. The van der Waals surface area contributed by atoms with Gasteiger partial charge in [-0.15, -0.1) is 0 Å². The zero-order valence-electron chi connectivity index (χ0n) is 33.2. The second-order valence-corrected chi connectivity index (χ2v) is 13.8. The molecule has 0 aliphatic heterocycles. The minimum Gasteiger partial charge on any atom is -0.544 e. The molecule has 0 rings (SSSR count). The fraction of sp³-hybridized carbons (Fsp3) is 0.614. The molecule has 0 aliphatic rings. The first kappa shape index (κ1) is 48.5. The second-order valence-electron chi connectivity index (χ2n) is 13.8. The minimum atomic E-state index is -1.14. The van der Waals surface area contributed by atoms with Gasteiger partial charge < -0.3 is 28.6 Å². The summed E-state index contributed by atoms with van der Waals surface area (Å²) in [7, 11) is 5.35. The zero-order chi connectivity index (χ0) is 38.5. The molecular weight excluding hydrogens is 654 g/mol. The minimum absolute atomic E-state index is 0.00543. The third kappa shape index (κ3) is 32.4. The highest BCUT2D eigenvalue weighted by atomic mass is 16.6. The van der Waals surface area contributed by atoms with Crippen molar-refractivity contribution in [1.82, 2.24) is 0 Å². The maximum atomic E-state index is 12.5. The standard InChI is InChI=1S/C44H71NO7/c1-6-8-10-12-14-15-16-17-18-19-20-21-22-23-24-25-26-27-29-30-32-34-42(46)51-39-40(38-50-37-36-41(44(48)49)45(3,4)5)52-43(47)35-33-31-28-13-11-9-7-2/h8,10,14-15,17-18,20-21,23-24,26-28,31,40-41H,6-7,9,11-13,16,19,22,25,29-30,32-39H2,1-5H3/b10-8+,15-14+,18-17+,21-20+,24-23+,27-26+,31-28+. The molecule has 8 nitrogen and oxygen atoms in total. The number of carbonyl (C=O) groups is 3. The molecule has 52 heavy (non-hydrogen) atoms. The summed E-state index contributed by atoms with van der Waals surface area (Å²) in [6, 6.07) is -0.740. The molecule has 0 aliphatic carbocycles. The molecule has 0 aromatic carbocycles. The van der Waals surface area contributed by atoms with Gasteiger partial charge in [0.2, 0.25) is 0 Å². The number of unbranched alkanes of at least 4 members (excludes halogenated alkanes) is 5. The van der Waals surface area contributed by atoms with E-state index in [1.54, 1.807) is 21.1 Å². The molecule has 0 fully saturated rings. The van der Waals surface area contributed by atoms with Gasteiger partial charge in [0.1, 0.15) is 12.6 Å². The van der Waals surface area contributed by atoms with E-state index in [1.165, 1.54) is 12.8 Å². The highest BCUT2D eigenvalue weighted by Gasteiger charge is 2.25. The molecule has 2 unspecified atom stereocenters. The van der Waals surface area contributed by atoms with E-state index in [1.807, 2.05) is 6.08 Å². The van der Waals surface area contributed by atoms with Crippen LogP contribution in [0.1, 0.15) is 123 Å². The van der Waals surface area contributed by atoms with E-state index < -0.39 is 24.1 Å². The predicted molar refractivity (Wildman–Crippen MR) is 212 cm³/mol. The number of allylic oxidation sites excluding steroid dienone is 14. The Morgan fingerprint density at radius 2 is 1.10 bits per heavy atom. The summed E-state index contributed by atoms with van der Waals surface area (Å²) in [5.41, 5.74) is 0.